The molecule has 0 aliphatic carbocycles. The molecule has 3 aromatic carbocycles. The maximum Gasteiger partial charge on any atom is 0.264 e. The van der Waals surface area contributed by atoms with Crippen LogP contribution in [0.1, 0.15) is 10.4 Å². The largest absolute Gasteiger partial charge is 0.322 e. The Bertz CT molecular complexity index is 1100. The van der Waals surface area contributed by atoms with Crippen LogP contribution in [0.5, 0.6) is 0 Å². The van der Waals surface area contributed by atoms with E-state index < -0.39 is 15.9 Å². The van der Waals surface area contributed by atoms with Gasteiger partial charge in [0.2, 0.25) is 0 Å². The van der Waals surface area contributed by atoms with E-state index in [9.17, 15) is 13.2 Å². The first kappa shape index (κ1) is 20.2. The van der Waals surface area contributed by atoms with E-state index in [0.717, 1.165) is 0 Å². The van der Waals surface area contributed by atoms with Gasteiger partial charge >= 0.3 is 0 Å². The molecule has 3 rings (SSSR count). The van der Waals surface area contributed by atoms with Crippen LogP contribution < -0.4 is 9.62 Å². The summed E-state index contributed by atoms with van der Waals surface area (Å²) in [6.07, 6.45) is 0. The van der Waals surface area contributed by atoms with Gasteiger partial charge < -0.3 is 5.32 Å². The van der Waals surface area contributed by atoms with E-state index in [1.165, 1.54) is 41.7 Å². The number of carbonyl (C=O) groups is 1. The quantitative estimate of drug-likeness (QED) is 0.609. The number of anilines is 2. The van der Waals surface area contributed by atoms with Gasteiger partial charge in [-0.1, -0.05) is 47.5 Å². The highest BCUT2D eigenvalue weighted by Gasteiger charge is 2.21. The van der Waals surface area contributed by atoms with Crippen molar-refractivity contribution in [1.29, 1.82) is 0 Å². The molecule has 0 heterocycles. The number of amides is 1. The molecule has 3 aromatic rings. The van der Waals surface area contributed by atoms with Gasteiger partial charge in [-0.25, -0.2) is 8.42 Å². The highest BCUT2D eigenvalue weighted by atomic mass is 35.5. The molecule has 8 heteroatoms. The minimum Gasteiger partial charge on any atom is -0.322 e. The van der Waals surface area contributed by atoms with Gasteiger partial charge in [0.1, 0.15) is 0 Å². The van der Waals surface area contributed by atoms with Crippen molar-refractivity contribution in [2.24, 2.45) is 0 Å². The normalized spacial score (nSPS) is 11.1. The second kappa shape index (κ2) is 8.22. The Hall–Kier alpha value is -2.54. The Morgan fingerprint density at radius 2 is 1.54 bits per heavy atom. The average Bonchev–Trinajstić information content (AvgIpc) is 2.67. The molecule has 0 aromatic heterocycles. The predicted octanol–water partition coefficient (Wildman–Crippen LogP) is 5.07. The van der Waals surface area contributed by atoms with E-state index in [2.05, 4.69) is 5.32 Å². The van der Waals surface area contributed by atoms with Crippen LogP contribution in [0.4, 0.5) is 11.4 Å². The summed E-state index contributed by atoms with van der Waals surface area (Å²) in [6, 6.07) is 19.2. The molecule has 0 saturated carbocycles. The van der Waals surface area contributed by atoms with Crippen LogP contribution in [0.25, 0.3) is 0 Å². The summed E-state index contributed by atoms with van der Waals surface area (Å²) in [7, 11) is -2.31. The first-order valence-electron chi connectivity index (χ1n) is 8.19. The third-order valence-corrected chi connectivity index (χ3v) is 6.21. The van der Waals surface area contributed by atoms with Gasteiger partial charge in [-0.05, 0) is 48.5 Å². The molecule has 0 radical (unpaired) electrons. The number of hydrogen-bond donors (Lipinski definition) is 1. The summed E-state index contributed by atoms with van der Waals surface area (Å²) in [5.74, 6) is -0.449. The molecule has 0 atom stereocenters. The number of nitrogens with zero attached hydrogens (tertiary/aromatic N) is 1. The molecular weight excluding hydrogens is 419 g/mol. The number of sulfonamides is 1. The van der Waals surface area contributed by atoms with Crippen molar-refractivity contribution in [2.75, 3.05) is 16.7 Å². The van der Waals surface area contributed by atoms with Gasteiger partial charge in [-0.15, -0.1) is 0 Å². The summed E-state index contributed by atoms with van der Waals surface area (Å²) in [5.41, 5.74) is 1.14. The highest BCUT2D eigenvalue weighted by Crippen LogP contribution is 2.24. The zero-order valence-electron chi connectivity index (χ0n) is 14.8. The van der Waals surface area contributed by atoms with Gasteiger partial charge in [0.05, 0.1) is 10.6 Å². The number of benzene rings is 3. The molecule has 0 fully saturated rings. The predicted molar refractivity (Wildman–Crippen MR) is 113 cm³/mol. The van der Waals surface area contributed by atoms with E-state index in [1.54, 1.807) is 36.4 Å². The first-order valence-corrected chi connectivity index (χ1v) is 10.4. The van der Waals surface area contributed by atoms with Crippen molar-refractivity contribution in [3.05, 3.63) is 88.4 Å². The van der Waals surface area contributed by atoms with E-state index in [-0.39, 0.29) is 10.5 Å². The fourth-order valence-corrected chi connectivity index (χ4v) is 4.33. The average molecular weight is 435 g/mol. The van der Waals surface area contributed by atoms with Crippen molar-refractivity contribution >= 4 is 50.5 Å². The SMILES string of the molecule is CN(c1ccccc1)S(=O)(=O)c1cccc(NC(=O)c2cc(Cl)cc(Cl)c2)c1. The number of hydrogen-bond acceptors (Lipinski definition) is 3. The number of halogens is 2. The fraction of sp³-hybridized carbons (Fsp3) is 0.0500. The molecular formula is C20H16Cl2N2O3S. The smallest absolute Gasteiger partial charge is 0.264 e. The lowest BCUT2D eigenvalue weighted by molar-refractivity contribution is 0.102. The Kier molecular flexibility index (Phi) is 5.93. The molecule has 144 valence electrons. The minimum atomic E-state index is -3.79. The summed E-state index contributed by atoms with van der Waals surface area (Å²) in [4.78, 5) is 12.5. The minimum absolute atomic E-state index is 0.0563. The monoisotopic (exact) mass is 434 g/mol. The van der Waals surface area contributed by atoms with E-state index in [4.69, 9.17) is 23.2 Å². The number of nitrogens with one attached hydrogen (secondary N) is 1. The van der Waals surface area contributed by atoms with Crippen molar-refractivity contribution in [3.63, 3.8) is 0 Å². The molecule has 0 saturated heterocycles. The molecule has 28 heavy (non-hydrogen) atoms. The third kappa shape index (κ3) is 4.47. The second-order valence-corrected chi connectivity index (χ2v) is 8.79. The summed E-state index contributed by atoms with van der Waals surface area (Å²) < 4.78 is 27.0. The number of rotatable bonds is 5. The maximum absolute atomic E-state index is 12.9. The van der Waals surface area contributed by atoms with Crippen LogP contribution >= 0.6 is 23.2 Å². The Morgan fingerprint density at radius 3 is 2.18 bits per heavy atom. The molecule has 0 unspecified atom stereocenters. The van der Waals surface area contributed by atoms with Crippen LogP contribution in [0, 0.1) is 0 Å². The zero-order valence-corrected chi connectivity index (χ0v) is 17.1. The summed E-state index contributed by atoms with van der Waals surface area (Å²) in [6.45, 7) is 0. The third-order valence-electron chi connectivity index (χ3n) is 3.99. The summed E-state index contributed by atoms with van der Waals surface area (Å²) >= 11 is 11.9. The standard InChI is InChI=1S/C20H16Cl2N2O3S/c1-24(18-7-3-2-4-8-18)28(26,27)19-9-5-6-17(13-19)23-20(25)14-10-15(21)12-16(22)11-14/h2-13H,1H3,(H,23,25). The van der Waals surface area contributed by atoms with Gasteiger partial charge in [0, 0.05) is 28.3 Å². The van der Waals surface area contributed by atoms with Gasteiger partial charge in [0.25, 0.3) is 15.9 Å². The molecule has 0 aliphatic heterocycles. The second-order valence-electron chi connectivity index (χ2n) is 5.95. The van der Waals surface area contributed by atoms with E-state index in [0.29, 0.717) is 21.4 Å². The maximum atomic E-state index is 12.9. The Labute approximate surface area is 173 Å². The van der Waals surface area contributed by atoms with Crippen molar-refractivity contribution in [2.45, 2.75) is 4.90 Å². The first-order chi connectivity index (χ1) is 13.3. The van der Waals surface area contributed by atoms with Crippen molar-refractivity contribution < 1.29 is 13.2 Å². The van der Waals surface area contributed by atoms with Gasteiger partial charge in [0.15, 0.2) is 0 Å². The zero-order chi connectivity index (χ0) is 20.3. The van der Waals surface area contributed by atoms with Crippen LogP contribution in [0.15, 0.2) is 77.7 Å². The van der Waals surface area contributed by atoms with E-state index >= 15 is 0 Å². The lowest BCUT2D eigenvalue weighted by Gasteiger charge is -2.20. The van der Waals surface area contributed by atoms with Crippen molar-refractivity contribution in [1.82, 2.24) is 0 Å². The van der Waals surface area contributed by atoms with E-state index in [1.807, 2.05) is 6.07 Å². The van der Waals surface area contributed by atoms with Crippen LogP contribution in [-0.4, -0.2) is 21.4 Å². The molecule has 5 nitrogen and oxygen atoms in total. The Balaban J connectivity index is 1.86. The van der Waals surface area contributed by atoms with Gasteiger partial charge in [-0.2, -0.15) is 0 Å². The van der Waals surface area contributed by atoms with Crippen LogP contribution in [0.3, 0.4) is 0 Å². The topological polar surface area (TPSA) is 66.5 Å². The van der Waals surface area contributed by atoms with Gasteiger partial charge in [-0.3, -0.25) is 9.10 Å². The molecule has 0 spiro atoms. The van der Waals surface area contributed by atoms with Crippen molar-refractivity contribution in [3.8, 4) is 0 Å². The lowest BCUT2D eigenvalue weighted by atomic mass is 10.2. The molecule has 0 bridgehead atoms. The lowest BCUT2D eigenvalue weighted by Crippen LogP contribution is -2.26. The number of carbonyl (C=O) groups excluding carboxylic acids is 1. The molecule has 0 aliphatic rings. The molecule has 1 N–H and O–H groups in total. The summed E-state index contributed by atoms with van der Waals surface area (Å²) in [5, 5.41) is 3.33. The fourth-order valence-electron chi connectivity index (χ4n) is 2.56. The van der Waals surface area contributed by atoms with Crippen LogP contribution in [-0.2, 0) is 10.0 Å². The Morgan fingerprint density at radius 1 is 0.893 bits per heavy atom. The highest BCUT2D eigenvalue weighted by molar-refractivity contribution is 7.92. The van der Waals surface area contributed by atoms with Crippen LogP contribution in [0.2, 0.25) is 10.0 Å². The molecule has 1 amide bonds. The number of para-hydroxylation sites is 1.